The van der Waals surface area contributed by atoms with Gasteiger partial charge in [-0.1, -0.05) is 12.1 Å². The number of anilines is 1. The van der Waals surface area contributed by atoms with Gasteiger partial charge in [-0.05, 0) is 31.0 Å². The number of piperazine rings is 1. The SMILES string of the molecule is Cc1cccc(NC(=O)N2CCN(CCO)CC2)c1C. The number of hydrogen-bond acceptors (Lipinski definition) is 3. The van der Waals surface area contributed by atoms with E-state index in [1.807, 2.05) is 36.9 Å². The molecule has 2 rings (SSSR count). The third-order valence-corrected chi connectivity index (χ3v) is 3.92. The first-order valence-electron chi connectivity index (χ1n) is 7.07. The molecule has 0 aromatic heterocycles. The Balaban J connectivity index is 1.91. The molecule has 0 saturated carbocycles. The highest BCUT2D eigenvalue weighted by Crippen LogP contribution is 2.18. The molecule has 0 spiro atoms. The number of urea groups is 1. The summed E-state index contributed by atoms with van der Waals surface area (Å²) < 4.78 is 0. The highest BCUT2D eigenvalue weighted by Gasteiger charge is 2.21. The third-order valence-electron chi connectivity index (χ3n) is 3.92. The van der Waals surface area contributed by atoms with E-state index in [0.717, 1.165) is 24.3 Å². The Hall–Kier alpha value is -1.59. The van der Waals surface area contributed by atoms with E-state index >= 15 is 0 Å². The van der Waals surface area contributed by atoms with Crippen LogP contribution in [0.15, 0.2) is 18.2 Å². The molecule has 0 bridgehead atoms. The van der Waals surface area contributed by atoms with Gasteiger partial charge in [0.05, 0.1) is 6.61 Å². The molecule has 1 saturated heterocycles. The van der Waals surface area contributed by atoms with Crippen LogP contribution in [0.5, 0.6) is 0 Å². The minimum Gasteiger partial charge on any atom is -0.395 e. The Morgan fingerprint density at radius 1 is 1.25 bits per heavy atom. The Morgan fingerprint density at radius 3 is 2.60 bits per heavy atom. The smallest absolute Gasteiger partial charge is 0.321 e. The summed E-state index contributed by atoms with van der Waals surface area (Å²) in [4.78, 5) is 16.2. The Labute approximate surface area is 120 Å². The fourth-order valence-electron chi connectivity index (χ4n) is 2.40. The van der Waals surface area contributed by atoms with Gasteiger partial charge < -0.3 is 15.3 Å². The third kappa shape index (κ3) is 3.49. The molecule has 5 nitrogen and oxygen atoms in total. The average Bonchev–Trinajstić information content (AvgIpc) is 2.45. The molecule has 2 N–H and O–H groups in total. The van der Waals surface area contributed by atoms with Gasteiger partial charge >= 0.3 is 6.03 Å². The molecule has 0 unspecified atom stereocenters. The zero-order chi connectivity index (χ0) is 14.5. The maximum Gasteiger partial charge on any atom is 0.321 e. The zero-order valence-electron chi connectivity index (χ0n) is 12.2. The molecular weight excluding hydrogens is 254 g/mol. The molecule has 0 radical (unpaired) electrons. The van der Waals surface area contributed by atoms with Gasteiger partial charge in [0, 0.05) is 38.4 Å². The molecule has 1 aliphatic heterocycles. The van der Waals surface area contributed by atoms with Crippen molar-refractivity contribution in [2.45, 2.75) is 13.8 Å². The normalized spacial score (nSPS) is 16.2. The second-order valence-corrected chi connectivity index (χ2v) is 5.23. The summed E-state index contributed by atoms with van der Waals surface area (Å²) in [5.41, 5.74) is 3.17. The second-order valence-electron chi connectivity index (χ2n) is 5.23. The van der Waals surface area contributed by atoms with E-state index in [1.54, 1.807) is 0 Å². The first kappa shape index (κ1) is 14.8. The van der Waals surface area contributed by atoms with Crippen LogP contribution in [0.1, 0.15) is 11.1 Å². The van der Waals surface area contributed by atoms with E-state index in [9.17, 15) is 4.79 Å². The molecule has 110 valence electrons. The van der Waals surface area contributed by atoms with Gasteiger partial charge in [0.2, 0.25) is 0 Å². The molecule has 1 aromatic carbocycles. The maximum absolute atomic E-state index is 12.2. The van der Waals surface area contributed by atoms with Crippen molar-refractivity contribution in [1.82, 2.24) is 9.80 Å². The minimum atomic E-state index is -0.0395. The number of aryl methyl sites for hydroxylation is 1. The van der Waals surface area contributed by atoms with Crippen LogP contribution in [0.25, 0.3) is 0 Å². The standard InChI is InChI=1S/C15H23N3O2/c1-12-4-3-5-14(13(12)2)16-15(20)18-8-6-17(7-9-18)10-11-19/h3-5,19H,6-11H2,1-2H3,(H,16,20). The lowest BCUT2D eigenvalue weighted by molar-refractivity contribution is 0.127. The maximum atomic E-state index is 12.2. The summed E-state index contributed by atoms with van der Waals surface area (Å²) >= 11 is 0. The Morgan fingerprint density at radius 2 is 1.95 bits per heavy atom. The van der Waals surface area contributed by atoms with Gasteiger partial charge in [-0.25, -0.2) is 4.79 Å². The van der Waals surface area contributed by atoms with E-state index in [0.29, 0.717) is 19.6 Å². The number of amides is 2. The average molecular weight is 277 g/mol. The lowest BCUT2D eigenvalue weighted by Crippen LogP contribution is -2.50. The van der Waals surface area contributed by atoms with E-state index in [1.165, 1.54) is 5.56 Å². The summed E-state index contributed by atoms with van der Waals surface area (Å²) in [6, 6.07) is 5.89. The first-order valence-corrected chi connectivity index (χ1v) is 7.07. The van der Waals surface area contributed by atoms with Crippen molar-refractivity contribution < 1.29 is 9.90 Å². The van der Waals surface area contributed by atoms with E-state index < -0.39 is 0 Å². The summed E-state index contributed by atoms with van der Waals surface area (Å²) in [7, 11) is 0. The number of aliphatic hydroxyl groups excluding tert-OH is 1. The van der Waals surface area contributed by atoms with Crippen molar-refractivity contribution in [1.29, 1.82) is 0 Å². The molecule has 1 aromatic rings. The predicted octanol–water partition coefficient (Wildman–Crippen LogP) is 1.45. The van der Waals surface area contributed by atoms with Gasteiger partial charge in [-0.15, -0.1) is 0 Å². The van der Waals surface area contributed by atoms with Gasteiger partial charge in [0.1, 0.15) is 0 Å². The summed E-state index contributed by atoms with van der Waals surface area (Å²) in [6.45, 7) is 7.97. The van der Waals surface area contributed by atoms with E-state index in [4.69, 9.17) is 5.11 Å². The quantitative estimate of drug-likeness (QED) is 0.879. The van der Waals surface area contributed by atoms with Crippen LogP contribution in [-0.2, 0) is 0 Å². The highest BCUT2D eigenvalue weighted by molar-refractivity contribution is 5.90. The number of nitrogens with zero attached hydrogens (tertiary/aromatic N) is 2. The Kier molecular flexibility index (Phi) is 4.98. The lowest BCUT2D eigenvalue weighted by Gasteiger charge is -2.34. The van der Waals surface area contributed by atoms with Crippen LogP contribution in [0.2, 0.25) is 0 Å². The number of carbonyl (C=O) groups is 1. The highest BCUT2D eigenvalue weighted by atomic mass is 16.3. The van der Waals surface area contributed by atoms with Crippen LogP contribution in [0.4, 0.5) is 10.5 Å². The molecule has 0 aliphatic carbocycles. The molecule has 1 heterocycles. The number of carbonyl (C=O) groups excluding carboxylic acids is 1. The van der Waals surface area contributed by atoms with Crippen molar-refractivity contribution in [3.8, 4) is 0 Å². The number of hydrogen-bond donors (Lipinski definition) is 2. The van der Waals surface area contributed by atoms with Gasteiger partial charge in [-0.2, -0.15) is 0 Å². The molecule has 5 heteroatoms. The van der Waals surface area contributed by atoms with Crippen LogP contribution in [0, 0.1) is 13.8 Å². The molecule has 20 heavy (non-hydrogen) atoms. The lowest BCUT2D eigenvalue weighted by atomic mass is 10.1. The van der Waals surface area contributed by atoms with E-state index in [-0.39, 0.29) is 12.6 Å². The van der Waals surface area contributed by atoms with Crippen LogP contribution >= 0.6 is 0 Å². The molecule has 1 fully saturated rings. The predicted molar refractivity (Wildman–Crippen MR) is 80.0 cm³/mol. The fourth-order valence-corrected chi connectivity index (χ4v) is 2.40. The minimum absolute atomic E-state index is 0.0395. The van der Waals surface area contributed by atoms with Crippen molar-refractivity contribution >= 4 is 11.7 Å². The number of nitrogens with one attached hydrogen (secondary N) is 1. The van der Waals surface area contributed by atoms with Crippen molar-refractivity contribution in [2.75, 3.05) is 44.6 Å². The Bertz CT molecular complexity index is 468. The molecular formula is C15H23N3O2. The van der Waals surface area contributed by atoms with Crippen molar-refractivity contribution in [3.05, 3.63) is 29.3 Å². The van der Waals surface area contributed by atoms with Gasteiger partial charge in [0.15, 0.2) is 0 Å². The molecule has 1 aliphatic rings. The molecule has 2 amide bonds. The van der Waals surface area contributed by atoms with Crippen LogP contribution in [-0.4, -0.2) is 60.3 Å². The summed E-state index contributed by atoms with van der Waals surface area (Å²) in [5.74, 6) is 0. The number of β-amino-alcohol motifs (C(OH)–C–C–N with tert-alkyl or cyclic N) is 1. The van der Waals surface area contributed by atoms with Gasteiger partial charge in [0.25, 0.3) is 0 Å². The summed E-state index contributed by atoms with van der Waals surface area (Å²) in [5, 5.41) is 11.9. The molecule has 0 atom stereocenters. The number of aliphatic hydroxyl groups is 1. The fraction of sp³-hybridized carbons (Fsp3) is 0.533. The van der Waals surface area contributed by atoms with E-state index in [2.05, 4.69) is 10.2 Å². The van der Waals surface area contributed by atoms with Crippen molar-refractivity contribution in [2.24, 2.45) is 0 Å². The van der Waals surface area contributed by atoms with Gasteiger partial charge in [-0.3, -0.25) is 4.90 Å². The topological polar surface area (TPSA) is 55.8 Å². The number of benzene rings is 1. The monoisotopic (exact) mass is 277 g/mol. The van der Waals surface area contributed by atoms with Crippen LogP contribution < -0.4 is 5.32 Å². The zero-order valence-corrected chi connectivity index (χ0v) is 12.2. The van der Waals surface area contributed by atoms with Crippen molar-refractivity contribution in [3.63, 3.8) is 0 Å². The summed E-state index contributed by atoms with van der Waals surface area (Å²) in [6.07, 6.45) is 0. The second kappa shape index (κ2) is 6.72. The number of rotatable bonds is 3. The first-order chi connectivity index (χ1) is 9.61. The largest absolute Gasteiger partial charge is 0.395 e. The van der Waals surface area contributed by atoms with Crippen LogP contribution in [0.3, 0.4) is 0 Å².